The number of carbonyl (C=O) groups excluding carboxylic acids is 2. The van der Waals surface area contributed by atoms with Crippen LogP contribution in [0.4, 0.5) is 0 Å². The van der Waals surface area contributed by atoms with Crippen LogP contribution < -0.4 is 11.3 Å². The summed E-state index contributed by atoms with van der Waals surface area (Å²) >= 11 is 0. The maximum Gasteiger partial charge on any atom is 0.347 e. The number of nitrogens with zero attached hydrogens (tertiary/aromatic N) is 2. The summed E-state index contributed by atoms with van der Waals surface area (Å²) in [6, 6.07) is 15.4. The maximum atomic E-state index is 12.5. The summed E-state index contributed by atoms with van der Waals surface area (Å²) in [7, 11) is 2.50. The lowest BCUT2D eigenvalue weighted by Crippen LogP contribution is -2.07. The van der Waals surface area contributed by atoms with E-state index in [1.807, 2.05) is 0 Å². The smallest absolute Gasteiger partial charge is 0.347 e. The van der Waals surface area contributed by atoms with E-state index in [1.54, 1.807) is 24.3 Å². The quantitative estimate of drug-likeness (QED) is 0.348. The van der Waals surface area contributed by atoms with Crippen LogP contribution in [0, 0.1) is 0 Å². The van der Waals surface area contributed by atoms with E-state index in [-0.39, 0.29) is 33.7 Å². The molecule has 0 saturated carbocycles. The number of fused-ring (bicyclic) bond motifs is 2. The molecule has 0 aliphatic heterocycles. The van der Waals surface area contributed by atoms with Crippen molar-refractivity contribution in [3.63, 3.8) is 0 Å². The van der Waals surface area contributed by atoms with Crippen LogP contribution >= 0.6 is 0 Å². The van der Waals surface area contributed by atoms with Gasteiger partial charge in [-0.05, 0) is 60.7 Å². The average molecular weight is 484 g/mol. The molecular formula is C26H16N2O8. The Morgan fingerprint density at radius 3 is 1.39 bits per heavy atom. The van der Waals surface area contributed by atoms with Crippen molar-refractivity contribution in [2.24, 2.45) is 0 Å². The largest absolute Gasteiger partial charge is 0.465 e. The van der Waals surface area contributed by atoms with E-state index in [4.69, 9.17) is 8.83 Å². The van der Waals surface area contributed by atoms with Gasteiger partial charge in [-0.2, -0.15) is 0 Å². The van der Waals surface area contributed by atoms with Gasteiger partial charge in [0.25, 0.3) is 0 Å². The third-order valence-electron chi connectivity index (χ3n) is 5.48. The van der Waals surface area contributed by atoms with Crippen LogP contribution in [-0.4, -0.2) is 36.1 Å². The van der Waals surface area contributed by atoms with E-state index in [0.717, 1.165) is 0 Å². The molecule has 5 rings (SSSR count). The number of rotatable bonds is 4. The Morgan fingerprint density at radius 2 is 1.03 bits per heavy atom. The second-order valence-corrected chi connectivity index (χ2v) is 7.64. The molecule has 0 N–H and O–H groups in total. The molecule has 5 aromatic rings. The molecule has 0 fully saturated rings. The second-order valence-electron chi connectivity index (χ2n) is 7.64. The van der Waals surface area contributed by atoms with Gasteiger partial charge in [-0.25, -0.2) is 29.1 Å². The first-order valence-corrected chi connectivity index (χ1v) is 10.5. The van der Waals surface area contributed by atoms with Gasteiger partial charge in [-0.1, -0.05) is 0 Å². The summed E-state index contributed by atoms with van der Waals surface area (Å²) < 4.78 is 20.1. The van der Waals surface area contributed by atoms with Gasteiger partial charge in [-0.3, -0.25) is 0 Å². The summed E-state index contributed by atoms with van der Waals surface area (Å²) in [4.78, 5) is 57.3. The molecule has 2 heterocycles. The lowest BCUT2D eigenvalue weighted by Gasteiger charge is -2.06. The van der Waals surface area contributed by atoms with Gasteiger partial charge >= 0.3 is 23.2 Å². The van der Waals surface area contributed by atoms with Gasteiger partial charge < -0.3 is 18.3 Å². The van der Waals surface area contributed by atoms with Gasteiger partial charge in [-0.15, -0.1) is 0 Å². The van der Waals surface area contributed by atoms with Gasteiger partial charge in [0, 0.05) is 11.1 Å². The van der Waals surface area contributed by atoms with Gasteiger partial charge in [0.05, 0.1) is 47.2 Å². The Bertz CT molecular complexity index is 1650. The highest BCUT2D eigenvalue weighted by atomic mass is 16.5. The fraction of sp³-hybridized carbons (Fsp3) is 0.0769. The Kier molecular flexibility index (Phi) is 5.61. The van der Waals surface area contributed by atoms with E-state index in [9.17, 15) is 19.2 Å². The Balaban J connectivity index is 1.49. The molecule has 0 aliphatic carbocycles. The number of esters is 2. The van der Waals surface area contributed by atoms with E-state index in [1.165, 1.54) is 50.6 Å². The molecule has 0 bridgehead atoms. The van der Waals surface area contributed by atoms with Crippen LogP contribution in [0.1, 0.15) is 20.7 Å². The highest BCUT2D eigenvalue weighted by Crippen LogP contribution is 2.24. The van der Waals surface area contributed by atoms with Crippen LogP contribution in [0.5, 0.6) is 0 Å². The number of aromatic nitrogens is 2. The summed E-state index contributed by atoms with van der Waals surface area (Å²) in [5.41, 5.74) is 0.820. The Morgan fingerprint density at radius 1 is 0.639 bits per heavy atom. The predicted molar refractivity (Wildman–Crippen MR) is 128 cm³/mol. The molecule has 3 aromatic carbocycles. The highest BCUT2D eigenvalue weighted by molar-refractivity contribution is 5.95. The molecule has 0 spiro atoms. The van der Waals surface area contributed by atoms with Crippen molar-refractivity contribution in [1.82, 2.24) is 9.97 Å². The molecule has 2 aromatic heterocycles. The van der Waals surface area contributed by atoms with E-state index < -0.39 is 23.2 Å². The summed E-state index contributed by atoms with van der Waals surface area (Å²) in [5, 5.41) is 0.298. The van der Waals surface area contributed by atoms with Crippen molar-refractivity contribution < 1.29 is 27.9 Å². The number of ether oxygens (including phenoxy) is 2. The maximum absolute atomic E-state index is 12.5. The van der Waals surface area contributed by atoms with Crippen molar-refractivity contribution >= 4 is 33.7 Å². The highest BCUT2D eigenvalue weighted by Gasteiger charge is 2.15. The minimum absolute atomic E-state index is 0.0770. The molecule has 0 aliphatic rings. The first-order chi connectivity index (χ1) is 17.4. The van der Waals surface area contributed by atoms with Crippen LogP contribution in [0.15, 0.2) is 79.1 Å². The summed E-state index contributed by atoms with van der Waals surface area (Å²) in [6.07, 6.45) is 0. The van der Waals surface area contributed by atoms with Crippen LogP contribution in [0.25, 0.3) is 44.7 Å². The zero-order valence-electron chi connectivity index (χ0n) is 18.9. The Labute approximate surface area is 201 Å². The summed E-state index contributed by atoms with van der Waals surface area (Å²) in [5.74, 6) is -0.996. The lowest BCUT2D eigenvalue weighted by atomic mass is 10.1. The van der Waals surface area contributed by atoms with Gasteiger partial charge in [0.2, 0.25) is 11.8 Å². The van der Waals surface area contributed by atoms with E-state index in [2.05, 4.69) is 19.4 Å². The standard InChI is InChI=1S/C26H16N2O8/c1-33-23(29)15-7-9-19-17(11-15)25(31)35-21(27-19)13-3-5-14(6-4-13)22-28-20-10-8-16(24(30)34-2)12-18(20)26(32)36-22/h3-12H,1-2H3. The minimum atomic E-state index is -0.654. The Hall–Kier alpha value is -5.12. The van der Waals surface area contributed by atoms with Crippen molar-refractivity contribution in [2.45, 2.75) is 0 Å². The third-order valence-corrected chi connectivity index (χ3v) is 5.48. The molecular weight excluding hydrogens is 468 g/mol. The lowest BCUT2D eigenvalue weighted by molar-refractivity contribution is 0.0592. The number of benzene rings is 3. The molecule has 0 unspecified atom stereocenters. The molecule has 0 saturated heterocycles. The molecule has 178 valence electrons. The molecule has 0 atom stereocenters. The molecule has 0 amide bonds. The first-order valence-electron chi connectivity index (χ1n) is 10.5. The van der Waals surface area contributed by atoms with Crippen molar-refractivity contribution in [3.05, 3.63) is 92.6 Å². The average Bonchev–Trinajstić information content (AvgIpc) is 2.91. The van der Waals surface area contributed by atoms with Crippen LogP contribution in [-0.2, 0) is 9.47 Å². The van der Waals surface area contributed by atoms with Gasteiger partial charge in [0.15, 0.2) is 0 Å². The van der Waals surface area contributed by atoms with E-state index >= 15 is 0 Å². The monoisotopic (exact) mass is 484 g/mol. The minimum Gasteiger partial charge on any atom is -0.465 e. The predicted octanol–water partition coefficient (Wildman–Crippen LogP) is 3.60. The number of methoxy groups -OCH3 is 2. The first kappa shape index (κ1) is 22.7. The van der Waals surface area contributed by atoms with E-state index in [0.29, 0.717) is 22.2 Å². The fourth-order valence-corrected chi connectivity index (χ4v) is 3.64. The van der Waals surface area contributed by atoms with Crippen molar-refractivity contribution in [1.29, 1.82) is 0 Å². The van der Waals surface area contributed by atoms with Crippen molar-refractivity contribution in [3.8, 4) is 22.9 Å². The van der Waals surface area contributed by atoms with Crippen molar-refractivity contribution in [2.75, 3.05) is 14.2 Å². The zero-order valence-corrected chi connectivity index (χ0v) is 18.9. The normalized spacial score (nSPS) is 10.9. The molecule has 10 nitrogen and oxygen atoms in total. The number of carbonyl (C=O) groups is 2. The third kappa shape index (κ3) is 4.00. The molecule has 36 heavy (non-hydrogen) atoms. The zero-order chi connectivity index (χ0) is 25.4. The SMILES string of the molecule is COC(=O)c1ccc2nc(-c3ccc(-c4nc5ccc(C(=O)OC)cc5c(=O)o4)cc3)oc(=O)c2c1. The summed E-state index contributed by atoms with van der Waals surface area (Å²) in [6.45, 7) is 0. The molecule has 10 heteroatoms. The fourth-order valence-electron chi connectivity index (χ4n) is 3.64. The number of hydrogen-bond donors (Lipinski definition) is 0. The topological polar surface area (TPSA) is 139 Å². The van der Waals surface area contributed by atoms with Crippen LogP contribution in [0.2, 0.25) is 0 Å². The van der Waals surface area contributed by atoms with Crippen LogP contribution in [0.3, 0.4) is 0 Å². The van der Waals surface area contributed by atoms with Gasteiger partial charge in [0.1, 0.15) is 0 Å². The molecule has 0 radical (unpaired) electrons. The number of hydrogen-bond acceptors (Lipinski definition) is 10. The second kappa shape index (κ2) is 8.91.